The first-order valence-corrected chi connectivity index (χ1v) is 9.55. The topological polar surface area (TPSA) is 76.7 Å². The number of benzene rings is 3. The number of nitrogens with one attached hydrogen (secondary N) is 2. The zero-order valence-electron chi connectivity index (χ0n) is 16.5. The van der Waals surface area contributed by atoms with E-state index < -0.39 is 17.9 Å². The molecule has 1 atom stereocenters. The summed E-state index contributed by atoms with van der Waals surface area (Å²) >= 11 is 0. The van der Waals surface area contributed by atoms with Gasteiger partial charge in [-0.1, -0.05) is 37.3 Å². The second-order valence-electron chi connectivity index (χ2n) is 6.59. The lowest BCUT2D eigenvalue weighted by molar-refractivity contribution is -0.128. The summed E-state index contributed by atoms with van der Waals surface area (Å²) < 4.78 is 11.2. The van der Waals surface area contributed by atoms with Crippen molar-refractivity contribution in [2.24, 2.45) is 0 Å². The monoisotopic (exact) mass is 392 g/mol. The number of hydrogen-bond acceptors (Lipinski definition) is 4. The Bertz CT molecular complexity index is 986. The summed E-state index contributed by atoms with van der Waals surface area (Å²) in [6, 6.07) is 20.2. The summed E-state index contributed by atoms with van der Waals surface area (Å²) in [5, 5.41) is 2.12. The summed E-state index contributed by atoms with van der Waals surface area (Å²) in [6.07, 6.45) is 0.134. The van der Waals surface area contributed by atoms with Gasteiger partial charge >= 0.3 is 0 Å². The largest absolute Gasteiger partial charge is 0.494 e. The molecule has 29 heavy (non-hydrogen) atoms. The average Bonchev–Trinajstić information content (AvgIpc) is 2.76. The van der Waals surface area contributed by atoms with Crippen LogP contribution in [0.15, 0.2) is 66.7 Å². The van der Waals surface area contributed by atoms with Crippen LogP contribution in [0.5, 0.6) is 11.5 Å². The van der Waals surface area contributed by atoms with E-state index in [1.54, 1.807) is 31.2 Å². The second-order valence-corrected chi connectivity index (χ2v) is 6.59. The molecule has 6 nitrogen and oxygen atoms in total. The van der Waals surface area contributed by atoms with Crippen molar-refractivity contribution < 1.29 is 19.1 Å². The van der Waals surface area contributed by atoms with Crippen LogP contribution in [0.25, 0.3) is 10.8 Å². The molecular formula is C23H24N2O4. The first kappa shape index (κ1) is 20.2. The normalized spacial score (nSPS) is 11.5. The van der Waals surface area contributed by atoms with Crippen LogP contribution in [-0.4, -0.2) is 24.5 Å². The molecular weight excluding hydrogens is 368 g/mol. The molecule has 0 bridgehead atoms. The van der Waals surface area contributed by atoms with Crippen molar-refractivity contribution in [1.82, 2.24) is 10.9 Å². The van der Waals surface area contributed by atoms with Gasteiger partial charge in [-0.25, -0.2) is 0 Å². The Morgan fingerprint density at radius 3 is 2.31 bits per heavy atom. The summed E-state index contributed by atoms with van der Waals surface area (Å²) in [6.45, 7) is 4.27. The van der Waals surface area contributed by atoms with Crippen LogP contribution in [0.4, 0.5) is 0 Å². The highest BCUT2D eigenvalue weighted by Gasteiger charge is 2.16. The fraction of sp³-hybridized carbons (Fsp3) is 0.217. The zero-order valence-corrected chi connectivity index (χ0v) is 16.5. The van der Waals surface area contributed by atoms with E-state index in [9.17, 15) is 9.59 Å². The molecule has 3 rings (SSSR count). The van der Waals surface area contributed by atoms with Crippen LogP contribution >= 0.6 is 0 Å². The van der Waals surface area contributed by atoms with Crippen LogP contribution < -0.4 is 20.3 Å². The van der Waals surface area contributed by atoms with Gasteiger partial charge in [0, 0.05) is 5.56 Å². The zero-order chi connectivity index (χ0) is 20.6. The van der Waals surface area contributed by atoms with Crippen molar-refractivity contribution in [3.05, 3.63) is 72.3 Å². The number of rotatable bonds is 7. The van der Waals surface area contributed by atoms with Gasteiger partial charge in [0.05, 0.1) is 6.61 Å². The lowest BCUT2D eigenvalue weighted by Gasteiger charge is -2.15. The van der Waals surface area contributed by atoms with E-state index in [1.165, 1.54) is 0 Å². The predicted octanol–water partition coefficient (Wildman–Crippen LogP) is 3.86. The molecule has 0 radical (unpaired) electrons. The Balaban J connectivity index is 1.51. The van der Waals surface area contributed by atoms with Gasteiger partial charge in [-0.15, -0.1) is 0 Å². The average molecular weight is 392 g/mol. The third-order valence-corrected chi connectivity index (χ3v) is 4.29. The van der Waals surface area contributed by atoms with Crippen molar-refractivity contribution in [3.8, 4) is 11.5 Å². The molecule has 0 aromatic heterocycles. The third-order valence-electron chi connectivity index (χ3n) is 4.29. The van der Waals surface area contributed by atoms with E-state index in [-0.39, 0.29) is 0 Å². The maximum Gasteiger partial charge on any atom is 0.279 e. The highest BCUT2D eigenvalue weighted by Crippen LogP contribution is 2.21. The molecule has 3 aromatic carbocycles. The molecule has 0 heterocycles. The van der Waals surface area contributed by atoms with Gasteiger partial charge in [-0.3, -0.25) is 20.4 Å². The number of hydrogen-bond donors (Lipinski definition) is 2. The Hall–Kier alpha value is -3.54. The number of carbonyl (C=O) groups is 2. The molecule has 0 spiro atoms. The lowest BCUT2D eigenvalue weighted by atomic mass is 10.1. The second kappa shape index (κ2) is 9.59. The molecule has 0 saturated heterocycles. The molecule has 0 aliphatic heterocycles. The number of ether oxygens (including phenoxy) is 2. The van der Waals surface area contributed by atoms with E-state index in [0.717, 1.165) is 17.2 Å². The molecule has 6 heteroatoms. The third kappa shape index (κ3) is 5.48. The van der Waals surface area contributed by atoms with Gasteiger partial charge in [-0.05, 0) is 60.5 Å². The molecule has 150 valence electrons. The number of hydrazine groups is 1. The molecule has 0 fully saturated rings. The summed E-state index contributed by atoms with van der Waals surface area (Å²) in [5.74, 6) is 0.415. The Labute approximate surface area is 169 Å². The molecule has 0 aliphatic rings. The highest BCUT2D eigenvalue weighted by molar-refractivity contribution is 5.95. The number of fused-ring (bicyclic) bond motifs is 1. The van der Waals surface area contributed by atoms with E-state index in [1.807, 2.05) is 49.4 Å². The summed E-state index contributed by atoms with van der Waals surface area (Å²) in [5.41, 5.74) is 5.20. The van der Waals surface area contributed by atoms with E-state index >= 15 is 0 Å². The standard InChI is InChI=1S/C23H24N2O4/c1-3-14-28-20-11-9-18(10-12-20)23(27)25-24-22(26)16(2)29-21-13-8-17-6-4-5-7-19(17)15-21/h4-13,15-16H,3,14H2,1-2H3,(H,24,26)(H,25,27)/t16-/m1/s1. The van der Waals surface area contributed by atoms with Gasteiger partial charge < -0.3 is 9.47 Å². The Morgan fingerprint density at radius 2 is 1.59 bits per heavy atom. The van der Waals surface area contributed by atoms with Crippen molar-refractivity contribution in [3.63, 3.8) is 0 Å². The minimum atomic E-state index is -0.777. The van der Waals surface area contributed by atoms with Gasteiger partial charge in [0.15, 0.2) is 6.10 Å². The molecule has 2 N–H and O–H groups in total. The van der Waals surface area contributed by atoms with Crippen LogP contribution in [0.3, 0.4) is 0 Å². The smallest absolute Gasteiger partial charge is 0.279 e. The fourth-order valence-electron chi connectivity index (χ4n) is 2.71. The van der Waals surface area contributed by atoms with E-state index in [4.69, 9.17) is 9.47 Å². The number of carbonyl (C=O) groups excluding carboxylic acids is 2. The van der Waals surface area contributed by atoms with Crippen LogP contribution in [0, 0.1) is 0 Å². The quantitative estimate of drug-likeness (QED) is 0.599. The van der Waals surface area contributed by atoms with Crippen molar-refractivity contribution in [2.75, 3.05) is 6.61 Å². The first-order chi connectivity index (χ1) is 14.1. The van der Waals surface area contributed by atoms with Gasteiger partial charge in [-0.2, -0.15) is 0 Å². The Morgan fingerprint density at radius 1 is 0.897 bits per heavy atom. The summed E-state index contributed by atoms with van der Waals surface area (Å²) in [7, 11) is 0. The van der Waals surface area contributed by atoms with Gasteiger partial charge in [0.25, 0.3) is 11.8 Å². The lowest BCUT2D eigenvalue weighted by Crippen LogP contribution is -2.47. The first-order valence-electron chi connectivity index (χ1n) is 9.55. The van der Waals surface area contributed by atoms with Gasteiger partial charge in [0.1, 0.15) is 11.5 Å². The maximum atomic E-state index is 12.2. The fourth-order valence-corrected chi connectivity index (χ4v) is 2.71. The van der Waals surface area contributed by atoms with E-state index in [2.05, 4.69) is 10.9 Å². The molecule has 0 unspecified atom stereocenters. The van der Waals surface area contributed by atoms with Crippen LogP contribution in [0.1, 0.15) is 30.6 Å². The minimum absolute atomic E-state index is 0.414. The van der Waals surface area contributed by atoms with Crippen LogP contribution in [-0.2, 0) is 4.79 Å². The molecule has 0 aliphatic carbocycles. The molecule has 2 amide bonds. The predicted molar refractivity (Wildman–Crippen MR) is 112 cm³/mol. The van der Waals surface area contributed by atoms with Crippen molar-refractivity contribution >= 4 is 22.6 Å². The van der Waals surface area contributed by atoms with E-state index in [0.29, 0.717) is 23.7 Å². The molecule has 3 aromatic rings. The summed E-state index contributed by atoms with van der Waals surface area (Å²) in [4.78, 5) is 24.4. The minimum Gasteiger partial charge on any atom is -0.494 e. The van der Waals surface area contributed by atoms with Crippen molar-refractivity contribution in [2.45, 2.75) is 26.4 Å². The molecule has 0 saturated carbocycles. The highest BCUT2D eigenvalue weighted by atomic mass is 16.5. The SMILES string of the molecule is CCCOc1ccc(C(=O)NNC(=O)[C@@H](C)Oc2ccc3ccccc3c2)cc1. The Kier molecular flexibility index (Phi) is 6.68. The maximum absolute atomic E-state index is 12.2. The number of amides is 2. The van der Waals surface area contributed by atoms with Gasteiger partial charge in [0.2, 0.25) is 0 Å². The van der Waals surface area contributed by atoms with Crippen molar-refractivity contribution in [1.29, 1.82) is 0 Å². The van der Waals surface area contributed by atoms with Crippen LogP contribution in [0.2, 0.25) is 0 Å².